The van der Waals surface area contributed by atoms with E-state index < -0.39 is 11.9 Å². The van der Waals surface area contributed by atoms with Crippen molar-refractivity contribution in [1.82, 2.24) is 0 Å². The Bertz CT molecular complexity index is 405. The first-order valence-corrected chi connectivity index (χ1v) is 7.16. The standard InChI is InChI=1S/C13H16F3NOS/c14-13(15,16)9-19-12-4-2-1-3-11(12)17-10-5-7-18-8-6-10/h1-4,10,17H,5-9H2. The average Bonchev–Trinajstić information content (AvgIpc) is 2.38. The quantitative estimate of drug-likeness (QED) is 0.849. The van der Waals surface area contributed by atoms with E-state index in [2.05, 4.69) is 5.32 Å². The van der Waals surface area contributed by atoms with Gasteiger partial charge in [0.25, 0.3) is 0 Å². The van der Waals surface area contributed by atoms with Gasteiger partial charge in [-0.15, -0.1) is 11.8 Å². The normalized spacial score (nSPS) is 17.4. The molecule has 1 saturated heterocycles. The van der Waals surface area contributed by atoms with Gasteiger partial charge in [0, 0.05) is 29.8 Å². The molecule has 0 unspecified atom stereocenters. The molecule has 106 valence electrons. The van der Waals surface area contributed by atoms with E-state index in [1.54, 1.807) is 12.1 Å². The molecule has 6 heteroatoms. The summed E-state index contributed by atoms with van der Waals surface area (Å²) >= 11 is 0.824. The Hall–Kier alpha value is -0.880. The van der Waals surface area contributed by atoms with Gasteiger partial charge in [0.05, 0.1) is 5.75 Å². The van der Waals surface area contributed by atoms with Crippen LogP contribution >= 0.6 is 11.8 Å². The summed E-state index contributed by atoms with van der Waals surface area (Å²) in [6, 6.07) is 7.42. The van der Waals surface area contributed by atoms with Crippen molar-refractivity contribution in [2.45, 2.75) is 30.0 Å². The van der Waals surface area contributed by atoms with Crippen molar-refractivity contribution in [1.29, 1.82) is 0 Å². The summed E-state index contributed by atoms with van der Waals surface area (Å²) in [5.74, 6) is -0.862. The number of ether oxygens (including phenoxy) is 1. The third-order valence-corrected chi connectivity index (χ3v) is 4.00. The second-order valence-electron chi connectivity index (χ2n) is 4.43. The molecule has 2 rings (SSSR count). The van der Waals surface area contributed by atoms with E-state index in [4.69, 9.17) is 4.74 Å². The van der Waals surface area contributed by atoms with Crippen LogP contribution in [-0.2, 0) is 4.74 Å². The minimum Gasteiger partial charge on any atom is -0.381 e. The van der Waals surface area contributed by atoms with Gasteiger partial charge >= 0.3 is 6.18 Å². The predicted octanol–water partition coefficient (Wildman–Crippen LogP) is 3.93. The average molecular weight is 291 g/mol. The lowest BCUT2D eigenvalue weighted by Crippen LogP contribution is -2.28. The summed E-state index contributed by atoms with van der Waals surface area (Å²) in [7, 11) is 0. The highest BCUT2D eigenvalue weighted by Crippen LogP contribution is 2.32. The summed E-state index contributed by atoms with van der Waals surface area (Å²) in [5, 5.41) is 3.32. The topological polar surface area (TPSA) is 21.3 Å². The van der Waals surface area contributed by atoms with Gasteiger partial charge in [-0.3, -0.25) is 0 Å². The molecule has 1 aliphatic rings. The number of rotatable bonds is 4. The third-order valence-electron chi connectivity index (χ3n) is 2.86. The number of hydrogen-bond donors (Lipinski definition) is 1. The van der Waals surface area contributed by atoms with Gasteiger partial charge in [-0.25, -0.2) is 0 Å². The Morgan fingerprint density at radius 2 is 1.89 bits per heavy atom. The highest BCUT2D eigenvalue weighted by Gasteiger charge is 2.27. The molecule has 0 amide bonds. The minimum absolute atomic E-state index is 0.279. The van der Waals surface area contributed by atoms with E-state index in [1.165, 1.54) is 0 Å². The molecule has 2 nitrogen and oxygen atoms in total. The van der Waals surface area contributed by atoms with Gasteiger partial charge in [-0.1, -0.05) is 12.1 Å². The van der Waals surface area contributed by atoms with Crippen LogP contribution in [0, 0.1) is 0 Å². The number of anilines is 1. The second kappa shape index (κ2) is 6.52. The molecule has 1 aliphatic heterocycles. The number of nitrogens with one attached hydrogen (secondary N) is 1. The molecule has 1 aromatic rings. The lowest BCUT2D eigenvalue weighted by atomic mass is 10.1. The lowest BCUT2D eigenvalue weighted by Gasteiger charge is -2.25. The first-order chi connectivity index (χ1) is 9.04. The van der Waals surface area contributed by atoms with E-state index in [9.17, 15) is 13.2 Å². The van der Waals surface area contributed by atoms with E-state index in [0.29, 0.717) is 18.1 Å². The number of benzene rings is 1. The number of halogens is 3. The Morgan fingerprint density at radius 3 is 2.58 bits per heavy atom. The summed E-state index contributed by atoms with van der Waals surface area (Å²) in [4.78, 5) is 0.645. The van der Waals surface area contributed by atoms with Crippen molar-refractivity contribution < 1.29 is 17.9 Å². The largest absolute Gasteiger partial charge is 0.398 e. The molecule has 0 atom stereocenters. The fourth-order valence-electron chi connectivity index (χ4n) is 1.93. The van der Waals surface area contributed by atoms with Crippen molar-refractivity contribution in [3.63, 3.8) is 0 Å². The molecule has 0 aromatic heterocycles. The monoisotopic (exact) mass is 291 g/mol. The number of thioether (sulfide) groups is 1. The Kier molecular flexibility index (Phi) is 4.99. The van der Waals surface area contributed by atoms with Crippen LogP contribution in [0.1, 0.15) is 12.8 Å². The van der Waals surface area contributed by atoms with Gasteiger partial charge in [0.2, 0.25) is 0 Å². The molecule has 19 heavy (non-hydrogen) atoms. The maximum atomic E-state index is 12.3. The zero-order chi connectivity index (χ0) is 13.7. The summed E-state index contributed by atoms with van der Waals surface area (Å²) < 4.78 is 42.1. The van der Waals surface area contributed by atoms with E-state index >= 15 is 0 Å². The zero-order valence-corrected chi connectivity index (χ0v) is 11.2. The molecular weight excluding hydrogens is 275 g/mol. The summed E-state index contributed by atoms with van der Waals surface area (Å²) in [5.41, 5.74) is 0.781. The van der Waals surface area contributed by atoms with Crippen LogP contribution in [0.2, 0.25) is 0 Å². The van der Waals surface area contributed by atoms with Crippen LogP contribution < -0.4 is 5.32 Å². The van der Waals surface area contributed by atoms with E-state index in [-0.39, 0.29) is 6.04 Å². The van der Waals surface area contributed by atoms with Gasteiger partial charge in [0.1, 0.15) is 0 Å². The molecule has 0 saturated carbocycles. The predicted molar refractivity (Wildman–Crippen MR) is 70.7 cm³/mol. The summed E-state index contributed by atoms with van der Waals surface area (Å²) in [6.45, 7) is 1.41. The van der Waals surface area contributed by atoms with Crippen LogP contribution in [0.3, 0.4) is 0 Å². The van der Waals surface area contributed by atoms with E-state index in [1.807, 2.05) is 12.1 Å². The van der Waals surface area contributed by atoms with Crippen LogP contribution in [0.25, 0.3) is 0 Å². The van der Waals surface area contributed by atoms with Crippen molar-refractivity contribution in [3.05, 3.63) is 24.3 Å². The number of para-hydroxylation sites is 1. The van der Waals surface area contributed by atoms with Crippen LogP contribution in [0.4, 0.5) is 18.9 Å². The SMILES string of the molecule is FC(F)(F)CSc1ccccc1NC1CCOCC1. The minimum atomic E-state index is -4.14. The van der Waals surface area contributed by atoms with Crippen molar-refractivity contribution in [3.8, 4) is 0 Å². The molecule has 0 aliphatic carbocycles. The Labute approximate surface area is 114 Å². The fourth-order valence-corrected chi connectivity index (χ4v) is 2.71. The Balaban J connectivity index is 1.99. The third kappa shape index (κ3) is 4.95. The highest BCUT2D eigenvalue weighted by atomic mass is 32.2. The van der Waals surface area contributed by atoms with Crippen LogP contribution in [-0.4, -0.2) is 31.2 Å². The van der Waals surface area contributed by atoms with Gasteiger partial charge in [-0.2, -0.15) is 13.2 Å². The molecule has 1 heterocycles. The summed E-state index contributed by atoms with van der Waals surface area (Å²) in [6.07, 6.45) is -2.37. The zero-order valence-electron chi connectivity index (χ0n) is 10.4. The molecule has 0 radical (unpaired) electrons. The number of alkyl halides is 3. The van der Waals surface area contributed by atoms with Crippen molar-refractivity contribution >= 4 is 17.4 Å². The first kappa shape index (κ1) is 14.5. The van der Waals surface area contributed by atoms with Crippen LogP contribution in [0.5, 0.6) is 0 Å². The molecule has 0 spiro atoms. The van der Waals surface area contributed by atoms with Crippen molar-refractivity contribution in [2.75, 3.05) is 24.3 Å². The maximum Gasteiger partial charge on any atom is 0.398 e. The Morgan fingerprint density at radius 1 is 1.21 bits per heavy atom. The maximum absolute atomic E-state index is 12.3. The first-order valence-electron chi connectivity index (χ1n) is 6.17. The van der Waals surface area contributed by atoms with Gasteiger partial charge in [-0.05, 0) is 25.0 Å². The van der Waals surface area contributed by atoms with E-state index in [0.717, 1.165) is 30.3 Å². The molecular formula is C13H16F3NOS. The molecule has 1 fully saturated rings. The van der Waals surface area contributed by atoms with Crippen molar-refractivity contribution in [2.24, 2.45) is 0 Å². The lowest BCUT2D eigenvalue weighted by molar-refractivity contribution is -0.105. The molecule has 1 N–H and O–H groups in total. The molecule has 0 bridgehead atoms. The smallest absolute Gasteiger partial charge is 0.381 e. The van der Waals surface area contributed by atoms with Gasteiger partial charge < -0.3 is 10.1 Å². The van der Waals surface area contributed by atoms with Crippen LogP contribution in [0.15, 0.2) is 29.2 Å². The number of hydrogen-bond acceptors (Lipinski definition) is 3. The molecule has 1 aromatic carbocycles. The fraction of sp³-hybridized carbons (Fsp3) is 0.538. The second-order valence-corrected chi connectivity index (χ2v) is 5.45. The highest BCUT2D eigenvalue weighted by molar-refractivity contribution is 7.99. The van der Waals surface area contributed by atoms with Gasteiger partial charge in [0.15, 0.2) is 0 Å².